The molecule has 1 aromatic carbocycles. The molecule has 0 saturated heterocycles. The van der Waals surface area contributed by atoms with E-state index in [0.717, 1.165) is 20.6 Å². The van der Waals surface area contributed by atoms with Gasteiger partial charge in [-0.3, -0.25) is 4.79 Å². The lowest BCUT2D eigenvalue weighted by Gasteiger charge is -2.06. The summed E-state index contributed by atoms with van der Waals surface area (Å²) in [7, 11) is 0. The van der Waals surface area contributed by atoms with Crippen LogP contribution in [0.3, 0.4) is 0 Å². The van der Waals surface area contributed by atoms with Crippen LogP contribution in [0.5, 0.6) is 0 Å². The molecule has 3 aromatic rings. The molecule has 0 saturated carbocycles. The molecule has 2 heterocycles. The van der Waals surface area contributed by atoms with E-state index in [0.29, 0.717) is 6.54 Å². The van der Waals surface area contributed by atoms with Crippen LogP contribution >= 0.6 is 27.3 Å². The van der Waals surface area contributed by atoms with Crippen molar-refractivity contribution in [1.29, 1.82) is 0 Å². The van der Waals surface area contributed by atoms with E-state index in [2.05, 4.69) is 34.0 Å². The molecule has 0 unspecified atom stereocenters. The molecule has 2 aromatic heterocycles. The first-order valence-corrected chi connectivity index (χ1v) is 8.12. The number of hydrogen-bond acceptors (Lipinski definition) is 3. The molecule has 0 spiro atoms. The number of thiophene rings is 1. The van der Waals surface area contributed by atoms with Crippen LogP contribution in [0.2, 0.25) is 0 Å². The van der Waals surface area contributed by atoms with E-state index in [4.69, 9.17) is 0 Å². The molecule has 0 atom stereocenters. The van der Waals surface area contributed by atoms with Crippen molar-refractivity contribution in [3.8, 4) is 10.6 Å². The van der Waals surface area contributed by atoms with E-state index < -0.39 is 0 Å². The van der Waals surface area contributed by atoms with Crippen LogP contribution in [0.25, 0.3) is 10.6 Å². The van der Waals surface area contributed by atoms with Crippen molar-refractivity contribution in [3.05, 3.63) is 73.8 Å². The van der Waals surface area contributed by atoms with Gasteiger partial charge in [-0.25, -0.2) is 4.68 Å². The molecular formula is C16H13BrN2OS. The first-order chi connectivity index (χ1) is 10.1. The molecule has 0 radical (unpaired) electrons. The molecule has 3 rings (SSSR count). The molecule has 0 N–H and O–H groups in total. The van der Waals surface area contributed by atoms with Crippen molar-refractivity contribution in [2.45, 2.75) is 13.5 Å². The fourth-order valence-electron chi connectivity index (χ4n) is 2.07. The molecule has 0 fully saturated rings. The number of halogens is 1. The molecule has 0 bridgehead atoms. The molecule has 0 aliphatic carbocycles. The molecule has 5 heteroatoms. The minimum atomic E-state index is -0.0907. The summed E-state index contributed by atoms with van der Waals surface area (Å²) in [4.78, 5) is 14.3. The average molecular weight is 361 g/mol. The fourth-order valence-corrected chi connectivity index (χ4v) is 3.35. The maximum absolute atomic E-state index is 12.0. The second kappa shape index (κ2) is 5.95. The topological polar surface area (TPSA) is 34.9 Å². The van der Waals surface area contributed by atoms with Crippen molar-refractivity contribution in [3.63, 3.8) is 0 Å². The third-order valence-electron chi connectivity index (χ3n) is 3.08. The summed E-state index contributed by atoms with van der Waals surface area (Å²) in [5, 5.41) is 4.48. The molecule has 21 heavy (non-hydrogen) atoms. The minimum absolute atomic E-state index is 0.0907. The first-order valence-electron chi connectivity index (χ1n) is 6.51. The normalized spacial score (nSPS) is 10.8. The van der Waals surface area contributed by atoms with Gasteiger partial charge < -0.3 is 0 Å². The van der Waals surface area contributed by atoms with Gasteiger partial charge in [-0.1, -0.05) is 28.1 Å². The largest absolute Gasteiger partial charge is 0.268 e. The third kappa shape index (κ3) is 3.31. The summed E-state index contributed by atoms with van der Waals surface area (Å²) in [6.45, 7) is 2.53. The number of rotatable bonds is 3. The van der Waals surface area contributed by atoms with Gasteiger partial charge in [0.2, 0.25) is 0 Å². The Balaban J connectivity index is 1.97. The zero-order valence-corrected chi connectivity index (χ0v) is 13.8. The standard InChI is InChI=1S/C16H13BrN2OS/c1-11-5-7-15(21-11)14-6-8-16(20)19(18-14)10-12-3-2-4-13(17)9-12/h2-9H,10H2,1H3. The summed E-state index contributed by atoms with van der Waals surface area (Å²) >= 11 is 5.12. The zero-order valence-electron chi connectivity index (χ0n) is 11.4. The lowest BCUT2D eigenvalue weighted by Crippen LogP contribution is -2.22. The summed E-state index contributed by atoms with van der Waals surface area (Å²) in [5.41, 5.74) is 1.79. The monoisotopic (exact) mass is 360 g/mol. The molecule has 106 valence electrons. The number of nitrogens with zero attached hydrogens (tertiary/aromatic N) is 2. The van der Waals surface area contributed by atoms with Gasteiger partial charge in [0.15, 0.2) is 0 Å². The van der Waals surface area contributed by atoms with Crippen molar-refractivity contribution in [1.82, 2.24) is 9.78 Å². The van der Waals surface area contributed by atoms with Gasteiger partial charge in [-0.15, -0.1) is 11.3 Å². The number of aryl methyl sites for hydroxylation is 1. The highest BCUT2D eigenvalue weighted by molar-refractivity contribution is 9.10. The Labute approximate surface area is 135 Å². The zero-order chi connectivity index (χ0) is 14.8. The van der Waals surface area contributed by atoms with Gasteiger partial charge in [-0.05, 0) is 42.8 Å². The second-order valence-corrected chi connectivity index (χ2v) is 6.96. The van der Waals surface area contributed by atoms with Crippen LogP contribution in [0.4, 0.5) is 0 Å². The Morgan fingerprint density at radius 1 is 1.19 bits per heavy atom. The number of aromatic nitrogens is 2. The predicted octanol–water partition coefficient (Wildman–Crippen LogP) is 4.09. The van der Waals surface area contributed by atoms with Crippen LogP contribution in [-0.4, -0.2) is 9.78 Å². The highest BCUT2D eigenvalue weighted by atomic mass is 79.9. The molecule has 0 aliphatic heterocycles. The van der Waals surface area contributed by atoms with Gasteiger partial charge >= 0.3 is 0 Å². The van der Waals surface area contributed by atoms with Crippen LogP contribution in [0, 0.1) is 6.92 Å². The van der Waals surface area contributed by atoms with Crippen molar-refractivity contribution in [2.24, 2.45) is 0 Å². The fraction of sp³-hybridized carbons (Fsp3) is 0.125. The SMILES string of the molecule is Cc1ccc(-c2ccc(=O)n(Cc3cccc(Br)c3)n2)s1. The third-order valence-corrected chi connectivity index (χ3v) is 4.60. The Morgan fingerprint density at radius 2 is 2.05 bits per heavy atom. The summed E-state index contributed by atoms with van der Waals surface area (Å²) < 4.78 is 2.50. The lowest BCUT2D eigenvalue weighted by molar-refractivity contribution is 0.643. The van der Waals surface area contributed by atoms with Crippen molar-refractivity contribution >= 4 is 27.3 Å². The number of hydrogen-bond donors (Lipinski definition) is 0. The van der Waals surface area contributed by atoms with Gasteiger partial charge in [-0.2, -0.15) is 5.10 Å². The van der Waals surface area contributed by atoms with Gasteiger partial charge in [0.1, 0.15) is 5.69 Å². The molecule has 0 amide bonds. The van der Waals surface area contributed by atoms with E-state index in [1.165, 1.54) is 9.56 Å². The maximum atomic E-state index is 12.0. The molecule has 3 nitrogen and oxygen atoms in total. The maximum Gasteiger partial charge on any atom is 0.267 e. The van der Waals surface area contributed by atoms with Crippen LogP contribution < -0.4 is 5.56 Å². The quantitative estimate of drug-likeness (QED) is 0.704. The van der Waals surface area contributed by atoms with Crippen molar-refractivity contribution < 1.29 is 0 Å². The molecule has 0 aliphatic rings. The smallest absolute Gasteiger partial charge is 0.267 e. The summed E-state index contributed by atoms with van der Waals surface area (Å²) in [6.07, 6.45) is 0. The van der Waals surface area contributed by atoms with Crippen molar-refractivity contribution in [2.75, 3.05) is 0 Å². The first kappa shape index (κ1) is 14.2. The van der Waals surface area contributed by atoms with E-state index in [1.54, 1.807) is 23.5 Å². The average Bonchev–Trinajstić information content (AvgIpc) is 2.88. The summed E-state index contributed by atoms with van der Waals surface area (Å²) in [6, 6.07) is 15.4. The summed E-state index contributed by atoms with van der Waals surface area (Å²) in [5.74, 6) is 0. The van der Waals surface area contributed by atoms with Gasteiger partial charge in [0.05, 0.1) is 11.4 Å². The minimum Gasteiger partial charge on any atom is -0.268 e. The lowest BCUT2D eigenvalue weighted by atomic mass is 10.2. The number of benzene rings is 1. The van der Waals surface area contributed by atoms with E-state index in [9.17, 15) is 4.79 Å². The second-order valence-electron chi connectivity index (χ2n) is 4.75. The Bertz CT molecular complexity index is 838. The van der Waals surface area contributed by atoms with Crippen LogP contribution in [0.15, 0.2) is 57.8 Å². The Morgan fingerprint density at radius 3 is 2.76 bits per heavy atom. The highest BCUT2D eigenvalue weighted by Crippen LogP contribution is 2.25. The van der Waals surface area contributed by atoms with Gasteiger partial charge in [0, 0.05) is 15.4 Å². The van der Waals surface area contributed by atoms with E-state index in [-0.39, 0.29) is 5.56 Å². The Hall–Kier alpha value is -1.72. The van der Waals surface area contributed by atoms with E-state index in [1.807, 2.05) is 30.3 Å². The van der Waals surface area contributed by atoms with E-state index >= 15 is 0 Å². The van der Waals surface area contributed by atoms with Gasteiger partial charge in [0.25, 0.3) is 5.56 Å². The van der Waals surface area contributed by atoms with Crippen LogP contribution in [-0.2, 0) is 6.54 Å². The highest BCUT2D eigenvalue weighted by Gasteiger charge is 2.06. The van der Waals surface area contributed by atoms with Crippen LogP contribution in [0.1, 0.15) is 10.4 Å². The predicted molar refractivity (Wildman–Crippen MR) is 89.8 cm³/mol. The molecular weight excluding hydrogens is 348 g/mol. The Kier molecular flexibility index (Phi) is 4.03.